The number of likely N-dealkylation sites (tertiary alicyclic amines) is 1. The van der Waals surface area contributed by atoms with E-state index >= 15 is 0 Å². The highest BCUT2D eigenvalue weighted by Gasteiger charge is 2.26. The lowest BCUT2D eigenvalue weighted by Crippen LogP contribution is -2.38. The molecule has 1 aliphatic rings. The number of aromatic nitrogens is 2. The molecule has 90 valence electrons. The highest BCUT2D eigenvalue weighted by atomic mass is 16.5. The molecular weight excluding hydrogens is 206 g/mol. The van der Waals surface area contributed by atoms with Gasteiger partial charge in [-0.2, -0.15) is 4.98 Å². The molecule has 0 N–H and O–H groups in total. The normalized spacial score (nSPS) is 21.2. The second kappa shape index (κ2) is 4.93. The van der Waals surface area contributed by atoms with E-state index in [-0.39, 0.29) is 6.04 Å². The van der Waals surface area contributed by atoms with Gasteiger partial charge in [0.05, 0.1) is 12.1 Å². The Morgan fingerprint density at radius 1 is 1.44 bits per heavy atom. The minimum absolute atomic E-state index is 0.207. The van der Waals surface area contributed by atoms with Gasteiger partial charge in [0.1, 0.15) is 0 Å². The first-order valence-corrected chi connectivity index (χ1v) is 5.77. The predicted octanol–water partition coefficient (Wildman–Crippen LogP) is 1.55. The first-order valence-electron chi connectivity index (χ1n) is 5.77. The van der Waals surface area contributed by atoms with Crippen LogP contribution in [0.1, 0.15) is 37.5 Å². The average Bonchev–Trinajstić information content (AvgIpc) is 2.75. The zero-order valence-electron chi connectivity index (χ0n) is 10.1. The summed E-state index contributed by atoms with van der Waals surface area (Å²) in [6, 6.07) is 0.207. The van der Waals surface area contributed by atoms with Crippen molar-refractivity contribution in [3.8, 4) is 0 Å². The molecule has 5 heteroatoms. The van der Waals surface area contributed by atoms with Crippen molar-refractivity contribution in [1.82, 2.24) is 15.0 Å². The van der Waals surface area contributed by atoms with Crippen molar-refractivity contribution in [1.29, 1.82) is 0 Å². The fraction of sp³-hybridized carbons (Fsp3) is 0.818. The average molecular weight is 225 g/mol. The molecule has 1 saturated heterocycles. The second-order valence-electron chi connectivity index (χ2n) is 4.33. The topological polar surface area (TPSA) is 51.4 Å². The van der Waals surface area contributed by atoms with E-state index in [9.17, 15) is 0 Å². The van der Waals surface area contributed by atoms with Gasteiger partial charge in [0, 0.05) is 20.2 Å². The standard InChI is InChI=1S/C11H19N3O2/c1-8(11-12-9(2)13-16-11)14-6-4-10(15-3)5-7-14/h8,10H,4-7H2,1-3H3. The van der Waals surface area contributed by atoms with E-state index in [1.807, 2.05) is 6.92 Å². The Morgan fingerprint density at radius 2 is 2.12 bits per heavy atom. The molecule has 0 saturated carbocycles. The van der Waals surface area contributed by atoms with Gasteiger partial charge in [-0.3, -0.25) is 4.90 Å². The smallest absolute Gasteiger partial charge is 0.243 e. The third-order valence-electron chi connectivity index (χ3n) is 3.26. The first-order chi connectivity index (χ1) is 7.70. The molecule has 1 aromatic rings. The maximum atomic E-state index is 5.35. The van der Waals surface area contributed by atoms with Crippen molar-refractivity contribution in [2.45, 2.75) is 38.8 Å². The molecule has 1 fully saturated rings. The van der Waals surface area contributed by atoms with Crippen LogP contribution in [0.2, 0.25) is 0 Å². The molecule has 5 nitrogen and oxygen atoms in total. The van der Waals surface area contributed by atoms with Crippen LogP contribution < -0.4 is 0 Å². The maximum Gasteiger partial charge on any atom is 0.243 e. The van der Waals surface area contributed by atoms with E-state index in [1.54, 1.807) is 7.11 Å². The molecule has 1 aliphatic heterocycles. The van der Waals surface area contributed by atoms with Crippen molar-refractivity contribution in [2.24, 2.45) is 0 Å². The monoisotopic (exact) mass is 225 g/mol. The Morgan fingerprint density at radius 3 is 2.62 bits per heavy atom. The van der Waals surface area contributed by atoms with E-state index in [0.717, 1.165) is 25.9 Å². The first kappa shape index (κ1) is 11.5. The third kappa shape index (κ3) is 2.41. The summed E-state index contributed by atoms with van der Waals surface area (Å²) in [5.74, 6) is 1.42. The van der Waals surface area contributed by atoms with Gasteiger partial charge in [-0.1, -0.05) is 5.16 Å². The highest BCUT2D eigenvalue weighted by Crippen LogP contribution is 2.23. The molecule has 1 atom stereocenters. The molecule has 0 radical (unpaired) electrons. The molecule has 0 bridgehead atoms. The van der Waals surface area contributed by atoms with Gasteiger partial charge in [-0.15, -0.1) is 0 Å². The van der Waals surface area contributed by atoms with Crippen molar-refractivity contribution in [3.05, 3.63) is 11.7 Å². The summed E-state index contributed by atoms with van der Waals surface area (Å²) in [5.41, 5.74) is 0. The number of nitrogens with zero attached hydrogens (tertiary/aromatic N) is 3. The van der Waals surface area contributed by atoms with E-state index in [2.05, 4.69) is 22.0 Å². The number of piperidine rings is 1. The van der Waals surface area contributed by atoms with Gasteiger partial charge in [-0.05, 0) is 26.7 Å². The van der Waals surface area contributed by atoms with Crippen molar-refractivity contribution in [3.63, 3.8) is 0 Å². The predicted molar refractivity (Wildman–Crippen MR) is 59.1 cm³/mol. The molecule has 1 unspecified atom stereocenters. The van der Waals surface area contributed by atoms with Crippen LogP contribution in [0.5, 0.6) is 0 Å². The van der Waals surface area contributed by atoms with Crippen LogP contribution in [0, 0.1) is 6.92 Å². The minimum Gasteiger partial charge on any atom is -0.381 e. The van der Waals surface area contributed by atoms with Crippen LogP contribution >= 0.6 is 0 Å². The van der Waals surface area contributed by atoms with Gasteiger partial charge in [0.15, 0.2) is 5.82 Å². The molecule has 0 spiro atoms. The van der Waals surface area contributed by atoms with Crippen LogP contribution in [0.4, 0.5) is 0 Å². The Kier molecular flexibility index (Phi) is 3.56. The number of aryl methyl sites for hydroxylation is 1. The Balaban J connectivity index is 1.93. The molecular formula is C11H19N3O2. The van der Waals surface area contributed by atoms with Crippen LogP contribution in [-0.2, 0) is 4.74 Å². The Hall–Kier alpha value is -0.940. The highest BCUT2D eigenvalue weighted by molar-refractivity contribution is 4.91. The van der Waals surface area contributed by atoms with Crippen LogP contribution in [-0.4, -0.2) is 41.3 Å². The lowest BCUT2D eigenvalue weighted by molar-refractivity contribution is 0.0247. The lowest BCUT2D eigenvalue weighted by atomic mass is 10.1. The Labute approximate surface area is 95.8 Å². The zero-order valence-corrected chi connectivity index (χ0v) is 10.1. The molecule has 0 aromatic carbocycles. The Bertz CT molecular complexity index is 332. The fourth-order valence-electron chi connectivity index (χ4n) is 2.14. The number of hydrogen-bond acceptors (Lipinski definition) is 5. The number of rotatable bonds is 3. The molecule has 0 amide bonds. The van der Waals surface area contributed by atoms with E-state index in [0.29, 0.717) is 17.8 Å². The van der Waals surface area contributed by atoms with Gasteiger partial charge < -0.3 is 9.26 Å². The van der Waals surface area contributed by atoms with Crippen molar-refractivity contribution < 1.29 is 9.26 Å². The molecule has 0 aliphatic carbocycles. The molecule has 2 rings (SSSR count). The summed E-state index contributed by atoms with van der Waals surface area (Å²) < 4.78 is 10.5. The quantitative estimate of drug-likeness (QED) is 0.781. The van der Waals surface area contributed by atoms with E-state index in [4.69, 9.17) is 9.26 Å². The number of hydrogen-bond donors (Lipinski definition) is 0. The number of methoxy groups -OCH3 is 1. The van der Waals surface area contributed by atoms with Gasteiger partial charge in [0.25, 0.3) is 0 Å². The zero-order chi connectivity index (χ0) is 11.5. The summed E-state index contributed by atoms with van der Waals surface area (Å²) >= 11 is 0. The van der Waals surface area contributed by atoms with Gasteiger partial charge >= 0.3 is 0 Å². The summed E-state index contributed by atoms with van der Waals surface area (Å²) in [6.07, 6.45) is 2.56. The van der Waals surface area contributed by atoms with Crippen LogP contribution in [0.15, 0.2) is 4.52 Å². The van der Waals surface area contributed by atoms with Crippen LogP contribution in [0.3, 0.4) is 0 Å². The fourth-order valence-corrected chi connectivity index (χ4v) is 2.14. The van der Waals surface area contributed by atoms with Crippen LogP contribution in [0.25, 0.3) is 0 Å². The largest absolute Gasteiger partial charge is 0.381 e. The van der Waals surface area contributed by atoms with E-state index in [1.165, 1.54) is 0 Å². The number of ether oxygens (including phenoxy) is 1. The third-order valence-corrected chi connectivity index (χ3v) is 3.26. The summed E-state index contributed by atoms with van der Waals surface area (Å²) in [5, 5.41) is 3.83. The van der Waals surface area contributed by atoms with Crippen molar-refractivity contribution >= 4 is 0 Å². The molecule has 16 heavy (non-hydrogen) atoms. The summed E-state index contributed by atoms with van der Waals surface area (Å²) in [4.78, 5) is 6.64. The van der Waals surface area contributed by atoms with Gasteiger partial charge in [0.2, 0.25) is 5.89 Å². The second-order valence-corrected chi connectivity index (χ2v) is 4.33. The minimum atomic E-state index is 0.207. The van der Waals surface area contributed by atoms with Gasteiger partial charge in [-0.25, -0.2) is 0 Å². The van der Waals surface area contributed by atoms with E-state index < -0.39 is 0 Å². The SMILES string of the molecule is COC1CCN(C(C)c2nc(C)no2)CC1. The molecule has 1 aromatic heterocycles. The summed E-state index contributed by atoms with van der Waals surface area (Å²) in [7, 11) is 1.78. The maximum absolute atomic E-state index is 5.35. The summed E-state index contributed by atoms with van der Waals surface area (Å²) in [6.45, 7) is 6.01. The van der Waals surface area contributed by atoms with Crippen molar-refractivity contribution in [2.75, 3.05) is 20.2 Å². The molecule has 2 heterocycles. The lowest BCUT2D eigenvalue weighted by Gasteiger charge is -2.33.